The van der Waals surface area contributed by atoms with Crippen LogP contribution in [0.25, 0.3) is 0 Å². The zero-order valence-corrected chi connectivity index (χ0v) is 18.0. The van der Waals surface area contributed by atoms with E-state index in [4.69, 9.17) is 0 Å². The van der Waals surface area contributed by atoms with E-state index in [2.05, 4.69) is 81.6 Å². The monoisotopic (exact) mass is 448 g/mol. The second-order valence-corrected chi connectivity index (χ2v) is 6.90. The van der Waals surface area contributed by atoms with Crippen molar-refractivity contribution >= 4 is 17.7 Å². The molecule has 0 saturated heterocycles. The number of anilines is 1. The van der Waals surface area contributed by atoms with Gasteiger partial charge >= 0.3 is 22.4 Å². The Morgan fingerprint density at radius 1 is 0.800 bits per heavy atom. The third-order valence-electron chi connectivity index (χ3n) is 4.60. The average Bonchev–Trinajstić information content (AvgIpc) is 2.85. The van der Waals surface area contributed by atoms with Gasteiger partial charge in [-0.25, -0.2) is 0 Å². The maximum Gasteiger partial charge on any atom is 1.00 e. The summed E-state index contributed by atoms with van der Waals surface area (Å²) >= 11 is 0. The third kappa shape index (κ3) is 4.38. The zero-order valence-electron chi connectivity index (χ0n) is 15.8. The van der Waals surface area contributed by atoms with Crippen LogP contribution in [0.4, 0.5) is 11.4 Å². The molecule has 25 heavy (non-hydrogen) atoms. The number of benzene rings is 2. The number of rotatable bonds is 2. The molecular formula is C21H26AgClN2. The molecule has 0 fully saturated rings. The fraction of sp³-hybridized carbons (Fsp3) is 0.381. The first-order valence-corrected chi connectivity index (χ1v) is 8.34. The molecule has 0 aromatic heterocycles. The molecule has 0 amide bonds. The first-order chi connectivity index (χ1) is 10.9. The summed E-state index contributed by atoms with van der Waals surface area (Å²) in [6.07, 6.45) is 3.59. The van der Waals surface area contributed by atoms with Gasteiger partial charge in [-0.1, -0.05) is 57.6 Å². The molecule has 138 valence electrons. The minimum absolute atomic E-state index is 0. The Hall–Kier alpha value is -1.06. The van der Waals surface area contributed by atoms with Crippen LogP contribution in [0.1, 0.15) is 33.4 Å². The van der Waals surface area contributed by atoms with Crippen LogP contribution in [-0.4, -0.2) is 24.0 Å². The SMILES string of the molecule is Cc1cc(C)c(N2[C-]=[N+](c3c(C)cc(C)cc3C)CC2)c(C)c1.[Ag+].[Cl-]. The Morgan fingerprint density at radius 2 is 1.24 bits per heavy atom. The summed E-state index contributed by atoms with van der Waals surface area (Å²) in [5.41, 5.74) is 10.6. The van der Waals surface area contributed by atoms with Crippen molar-refractivity contribution in [2.75, 3.05) is 18.0 Å². The van der Waals surface area contributed by atoms with E-state index in [0.717, 1.165) is 13.1 Å². The largest absolute Gasteiger partial charge is 1.00 e. The maximum absolute atomic E-state index is 3.59. The van der Waals surface area contributed by atoms with E-state index in [0.29, 0.717) is 0 Å². The second kappa shape index (κ2) is 8.55. The standard InChI is InChI=1S/C21H26N2.Ag.ClH/c1-14-9-16(3)20(17(4)10-14)22-7-8-23(13-22)21-18(5)11-15(2)12-19(21)6;;/h9-12H,7-8H2,1-6H3;;1H/q;+1;/p-1. The molecule has 0 atom stereocenters. The second-order valence-electron chi connectivity index (χ2n) is 6.90. The number of nitrogens with zero attached hydrogens (tertiary/aromatic N) is 2. The molecule has 2 aromatic rings. The van der Waals surface area contributed by atoms with Crippen LogP contribution in [0.3, 0.4) is 0 Å². The summed E-state index contributed by atoms with van der Waals surface area (Å²) in [5.74, 6) is 0. The van der Waals surface area contributed by atoms with Gasteiger partial charge in [0.15, 0.2) is 0 Å². The van der Waals surface area contributed by atoms with Gasteiger partial charge in [-0.15, -0.1) is 0 Å². The van der Waals surface area contributed by atoms with Crippen molar-refractivity contribution in [2.24, 2.45) is 0 Å². The summed E-state index contributed by atoms with van der Waals surface area (Å²) in [7, 11) is 0. The van der Waals surface area contributed by atoms with Crippen molar-refractivity contribution in [3.05, 3.63) is 57.6 Å². The van der Waals surface area contributed by atoms with Crippen molar-refractivity contribution in [3.8, 4) is 0 Å². The first-order valence-electron chi connectivity index (χ1n) is 8.34. The van der Waals surface area contributed by atoms with Crippen LogP contribution >= 0.6 is 0 Å². The summed E-state index contributed by atoms with van der Waals surface area (Å²) in [6.45, 7) is 15.1. The third-order valence-corrected chi connectivity index (χ3v) is 4.60. The molecule has 4 heteroatoms. The first kappa shape index (κ1) is 22.0. The molecule has 0 aliphatic carbocycles. The van der Waals surface area contributed by atoms with Crippen LogP contribution in [0.5, 0.6) is 0 Å². The Balaban J connectivity index is 0.00000156. The number of hydrogen-bond donors (Lipinski definition) is 0. The summed E-state index contributed by atoms with van der Waals surface area (Å²) < 4.78 is 2.28. The maximum atomic E-state index is 3.59. The van der Waals surface area contributed by atoms with Crippen molar-refractivity contribution in [1.29, 1.82) is 0 Å². The summed E-state index contributed by atoms with van der Waals surface area (Å²) in [4.78, 5) is 2.28. The van der Waals surface area contributed by atoms with E-state index in [1.807, 2.05) is 0 Å². The average molecular weight is 450 g/mol. The van der Waals surface area contributed by atoms with Gasteiger partial charge in [-0.3, -0.25) is 0 Å². The van der Waals surface area contributed by atoms with Crippen LogP contribution in [0, 0.1) is 41.5 Å². The van der Waals surface area contributed by atoms with Gasteiger partial charge in [0.25, 0.3) is 0 Å². The predicted molar refractivity (Wildman–Crippen MR) is 98.4 cm³/mol. The molecule has 0 spiro atoms. The fourth-order valence-electron chi connectivity index (χ4n) is 3.97. The zero-order chi connectivity index (χ0) is 16.7. The van der Waals surface area contributed by atoms with Gasteiger partial charge in [0, 0.05) is 11.4 Å². The summed E-state index contributed by atoms with van der Waals surface area (Å²) in [6, 6.07) is 9.04. The smallest absolute Gasteiger partial charge is 1.00 e. The molecule has 2 aromatic carbocycles. The normalized spacial score (nSPS) is 13.2. The molecule has 1 aliphatic heterocycles. The van der Waals surface area contributed by atoms with Crippen LogP contribution in [0.2, 0.25) is 0 Å². The van der Waals surface area contributed by atoms with Crippen molar-refractivity contribution < 1.29 is 39.4 Å². The Morgan fingerprint density at radius 3 is 1.72 bits per heavy atom. The van der Waals surface area contributed by atoms with Crippen molar-refractivity contribution in [3.63, 3.8) is 0 Å². The van der Waals surface area contributed by atoms with Crippen molar-refractivity contribution in [2.45, 2.75) is 41.5 Å². The molecule has 3 rings (SSSR count). The molecule has 1 heterocycles. The topological polar surface area (TPSA) is 6.25 Å². The van der Waals surface area contributed by atoms with Crippen LogP contribution < -0.4 is 17.3 Å². The number of aryl methyl sites for hydroxylation is 6. The Bertz CT molecular complexity index is 766. The Kier molecular flexibility index (Phi) is 7.52. The molecule has 0 bridgehead atoms. The minimum atomic E-state index is 0. The Labute approximate surface area is 173 Å². The van der Waals surface area contributed by atoms with E-state index in [1.54, 1.807) is 0 Å². The minimum Gasteiger partial charge on any atom is -1.00 e. The van der Waals surface area contributed by atoms with Crippen LogP contribution in [0.15, 0.2) is 24.3 Å². The molecule has 0 saturated carbocycles. The van der Waals surface area contributed by atoms with E-state index in [1.165, 1.54) is 44.8 Å². The molecule has 0 N–H and O–H groups in total. The van der Waals surface area contributed by atoms with Gasteiger partial charge in [0.1, 0.15) is 13.1 Å². The molecule has 0 unspecified atom stereocenters. The fourth-order valence-corrected chi connectivity index (χ4v) is 3.97. The van der Waals surface area contributed by atoms with Gasteiger partial charge in [0.2, 0.25) is 6.34 Å². The van der Waals surface area contributed by atoms with E-state index in [-0.39, 0.29) is 34.8 Å². The molecule has 0 radical (unpaired) electrons. The van der Waals surface area contributed by atoms with Gasteiger partial charge in [-0.05, 0) is 41.5 Å². The number of halogens is 1. The molecule has 2 nitrogen and oxygen atoms in total. The van der Waals surface area contributed by atoms with E-state index < -0.39 is 0 Å². The summed E-state index contributed by atoms with van der Waals surface area (Å²) in [5, 5.41) is 0. The molecule has 1 aliphatic rings. The van der Waals surface area contributed by atoms with Gasteiger partial charge in [0.05, 0.1) is 0 Å². The van der Waals surface area contributed by atoms with Crippen molar-refractivity contribution in [1.82, 2.24) is 0 Å². The van der Waals surface area contributed by atoms with E-state index in [9.17, 15) is 0 Å². The van der Waals surface area contributed by atoms with Crippen LogP contribution in [-0.2, 0) is 22.4 Å². The van der Waals surface area contributed by atoms with Gasteiger partial charge < -0.3 is 21.9 Å². The molecular weight excluding hydrogens is 424 g/mol. The van der Waals surface area contributed by atoms with Gasteiger partial charge in [-0.2, -0.15) is 0 Å². The number of hydrogen-bond acceptors (Lipinski definition) is 1. The predicted octanol–water partition coefficient (Wildman–Crippen LogP) is 1.61. The van der Waals surface area contributed by atoms with E-state index >= 15 is 0 Å². The quantitative estimate of drug-likeness (QED) is 0.384.